The summed E-state index contributed by atoms with van der Waals surface area (Å²) < 4.78 is 0. The molecule has 1 N–H and O–H groups in total. The number of ketones is 1. The van der Waals surface area contributed by atoms with Gasteiger partial charge in [-0.25, -0.2) is 0 Å². The number of para-hydroxylation sites is 1. The number of benzene rings is 2. The number of carbonyl (C=O) groups excluding carboxylic acids is 2. The largest absolute Gasteiger partial charge is 0.375 e. The number of rotatable bonds is 4. The predicted octanol–water partition coefficient (Wildman–Crippen LogP) is 4.17. The molecule has 1 fully saturated rings. The SMILES string of the molecule is CN1C(=O)C(O)(CC(=O)c2ccc(C3CCCCC3)cc2)c2ccccc21. The van der Waals surface area contributed by atoms with E-state index in [-0.39, 0.29) is 12.2 Å². The topological polar surface area (TPSA) is 57.6 Å². The maximum atomic E-state index is 12.8. The third-order valence-electron chi connectivity index (χ3n) is 6.10. The molecule has 140 valence electrons. The summed E-state index contributed by atoms with van der Waals surface area (Å²) in [5.41, 5.74) is 1.20. The van der Waals surface area contributed by atoms with Crippen molar-refractivity contribution in [3.05, 3.63) is 65.2 Å². The minimum absolute atomic E-state index is 0.217. The number of anilines is 1. The van der Waals surface area contributed by atoms with Gasteiger partial charge in [0.2, 0.25) is 0 Å². The van der Waals surface area contributed by atoms with Crippen molar-refractivity contribution in [1.82, 2.24) is 0 Å². The molecule has 4 nitrogen and oxygen atoms in total. The lowest BCUT2D eigenvalue weighted by Crippen LogP contribution is -2.40. The number of Topliss-reactive ketones (excluding diaryl/α,β-unsaturated/α-hetero) is 1. The summed E-state index contributed by atoms with van der Waals surface area (Å²) in [6, 6.07) is 14.8. The van der Waals surface area contributed by atoms with Gasteiger partial charge in [-0.3, -0.25) is 9.59 Å². The summed E-state index contributed by atoms with van der Waals surface area (Å²) in [5, 5.41) is 11.1. The van der Waals surface area contributed by atoms with E-state index in [4.69, 9.17) is 0 Å². The molecule has 1 aliphatic heterocycles. The van der Waals surface area contributed by atoms with Crippen LogP contribution in [0, 0.1) is 0 Å². The maximum Gasteiger partial charge on any atom is 0.263 e. The van der Waals surface area contributed by atoms with Crippen LogP contribution in [0.25, 0.3) is 0 Å². The smallest absolute Gasteiger partial charge is 0.263 e. The molecule has 4 heteroatoms. The van der Waals surface area contributed by atoms with Gasteiger partial charge in [0.25, 0.3) is 5.91 Å². The Morgan fingerprint density at radius 3 is 2.44 bits per heavy atom. The van der Waals surface area contributed by atoms with Crippen molar-refractivity contribution in [2.24, 2.45) is 0 Å². The Bertz CT molecular complexity index is 867. The van der Waals surface area contributed by atoms with Crippen LogP contribution in [0.15, 0.2) is 48.5 Å². The fourth-order valence-corrected chi connectivity index (χ4v) is 4.50. The molecular weight excluding hydrogens is 338 g/mol. The molecule has 0 radical (unpaired) electrons. The van der Waals surface area contributed by atoms with Crippen LogP contribution >= 0.6 is 0 Å². The average molecular weight is 363 g/mol. The first-order valence-electron chi connectivity index (χ1n) is 9.74. The highest BCUT2D eigenvalue weighted by molar-refractivity contribution is 6.10. The number of aliphatic hydroxyl groups is 1. The molecule has 0 saturated heterocycles. The van der Waals surface area contributed by atoms with E-state index in [2.05, 4.69) is 0 Å². The monoisotopic (exact) mass is 363 g/mol. The number of carbonyl (C=O) groups is 2. The summed E-state index contributed by atoms with van der Waals surface area (Å²) in [6.45, 7) is 0. The lowest BCUT2D eigenvalue weighted by atomic mass is 9.83. The number of amides is 1. The van der Waals surface area contributed by atoms with Crippen LogP contribution in [0.3, 0.4) is 0 Å². The second-order valence-electron chi connectivity index (χ2n) is 7.80. The van der Waals surface area contributed by atoms with E-state index in [1.165, 1.54) is 42.6 Å². The maximum absolute atomic E-state index is 12.8. The normalized spacial score (nSPS) is 22.7. The molecule has 0 bridgehead atoms. The van der Waals surface area contributed by atoms with Crippen LogP contribution in [0.1, 0.15) is 65.9 Å². The quantitative estimate of drug-likeness (QED) is 0.830. The van der Waals surface area contributed by atoms with Gasteiger partial charge in [0, 0.05) is 18.2 Å². The van der Waals surface area contributed by atoms with Gasteiger partial charge in [-0.1, -0.05) is 61.7 Å². The van der Waals surface area contributed by atoms with Crippen LogP contribution in [0.5, 0.6) is 0 Å². The molecule has 2 aromatic rings. The number of hydrogen-bond donors (Lipinski definition) is 1. The van der Waals surface area contributed by atoms with E-state index in [0.717, 1.165) is 0 Å². The fourth-order valence-electron chi connectivity index (χ4n) is 4.50. The van der Waals surface area contributed by atoms with Gasteiger partial charge in [-0.2, -0.15) is 0 Å². The third-order valence-corrected chi connectivity index (χ3v) is 6.10. The summed E-state index contributed by atoms with van der Waals surface area (Å²) in [5.74, 6) is -0.0777. The van der Waals surface area contributed by atoms with Crippen molar-refractivity contribution in [2.45, 2.75) is 50.0 Å². The summed E-state index contributed by atoms with van der Waals surface area (Å²) in [4.78, 5) is 26.9. The van der Waals surface area contributed by atoms with E-state index in [0.29, 0.717) is 22.7 Å². The van der Waals surface area contributed by atoms with E-state index >= 15 is 0 Å². The Balaban J connectivity index is 1.54. The first-order valence-corrected chi connectivity index (χ1v) is 9.74. The first kappa shape index (κ1) is 17.9. The highest BCUT2D eigenvalue weighted by atomic mass is 16.3. The lowest BCUT2D eigenvalue weighted by Gasteiger charge is -2.23. The minimum atomic E-state index is -1.79. The predicted molar refractivity (Wildman–Crippen MR) is 105 cm³/mol. The van der Waals surface area contributed by atoms with E-state index < -0.39 is 11.5 Å². The van der Waals surface area contributed by atoms with Crippen molar-refractivity contribution in [1.29, 1.82) is 0 Å². The van der Waals surface area contributed by atoms with Gasteiger partial charge in [0.1, 0.15) is 0 Å². The Labute approximate surface area is 159 Å². The summed E-state index contributed by atoms with van der Waals surface area (Å²) in [6.07, 6.45) is 6.04. The minimum Gasteiger partial charge on any atom is -0.375 e. The molecule has 0 spiro atoms. The number of nitrogens with zero attached hydrogens (tertiary/aromatic N) is 1. The standard InChI is InChI=1S/C23H25NO3/c1-24-20-10-6-5-9-19(20)23(27,22(24)26)15-21(25)18-13-11-17(12-14-18)16-7-3-2-4-8-16/h5-6,9-14,16,27H,2-4,7-8,15H2,1H3. The average Bonchev–Trinajstić information content (AvgIpc) is 2.90. The van der Waals surface area contributed by atoms with Crippen molar-refractivity contribution in [3.63, 3.8) is 0 Å². The van der Waals surface area contributed by atoms with Crippen LogP contribution in [-0.4, -0.2) is 23.8 Å². The third kappa shape index (κ3) is 3.08. The number of hydrogen-bond acceptors (Lipinski definition) is 3. The molecule has 1 unspecified atom stereocenters. The summed E-state index contributed by atoms with van der Waals surface area (Å²) >= 11 is 0. The van der Waals surface area contributed by atoms with Crippen molar-refractivity contribution < 1.29 is 14.7 Å². The molecular formula is C23H25NO3. The van der Waals surface area contributed by atoms with Gasteiger partial charge < -0.3 is 10.0 Å². The molecule has 2 aromatic carbocycles. The number of likely N-dealkylation sites (N-methyl/N-ethyl adjacent to an activating group) is 1. The van der Waals surface area contributed by atoms with Crippen molar-refractivity contribution in [2.75, 3.05) is 11.9 Å². The molecule has 1 aliphatic carbocycles. The molecule has 0 aromatic heterocycles. The number of fused-ring (bicyclic) bond motifs is 1. The zero-order chi connectivity index (χ0) is 19.0. The Morgan fingerprint density at radius 2 is 1.74 bits per heavy atom. The zero-order valence-corrected chi connectivity index (χ0v) is 15.6. The van der Waals surface area contributed by atoms with Crippen LogP contribution < -0.4 is 4.90 Å². The highest BCUT2D eigenvalue weighted by Crippen LogP contribution is 2.42. The Kier molecular flexibility index (Phi) is 4.60. The van der Waals surface area contributed by atoms with E-state index in [9.17, 15) is 14.7 Å². The van der Waals surface area contributed by atoms with Crippen LogP contribution in [-0.2, 0) is 10.4 Å². The first-order chi connectivity index (χ1) is 13.0. The molecule has 4 rings (SSSR count). The van der Waals surface area contributed by atoms with Gasteiger partial charge >= 0.3 is 0 Å². The van der Waals surface area contributed by atoms with Crippen LogP contribution in [0.4, 0.5) is 5.69 Å². The van der Waals surface area contributed by atoms with Gasteiger partial charge in [0.15, 0.2) is 11.4 Å². The fraction of sp³-hybridized carbons (Fsp3) is 0.391. The molecule has 27 heavy (non-hydrogen) atoms. The molecule has 1 amide bonds. The van der Waals surface area contributed by atoms with Gasteiger partial charge in [-0.05, 0) is 30.4 Å². The Morgan fingerprint density at radius 1 is 1.07 bits per heavy atom. The molecule has 2 aliphatic rings. The summed E-state index contributed by atoms with van der Waals surface area (Å²) in [7, 11) is 1.63. The van der Waals surface area contributed by atoms with Gasteiger partial charge in [0.05, 0.1) is 12.1 Å². The van der Waals surface area contributed by atoms with Gasteiger partial charge in [-0.15, -0.1) is 0 Å². The Hall–Kier alpha value is -2.46. The highest BCUT2D eigenvalue weighted by Gasteiger charge is 2.49. The van der Waals surface area contributed by atoms with Crippen LogP contribution in [0.2, 0.25) is 0 Å². The van der Waals surface area contributed by atoms with E-state index in [1.54, 1.807) is 25.2 Å². The second kappa shape index (κ2) is 6.93. The molecule has 1 saturated carbocycles. The van der Waals surface area contributed by atoms with Crippen molar-refractivity contribution in [3.8, 4) is 0 Å². The molecule has 1 heterocycles. The molecule has 1 atom stereocenters. The van der Waals surface area contributed by atoms with Crippen molar-refractivity contribution >= 4 is 17.4 Å². The lowest BCUT2D eigenvalue weighted by molar-refractivity contribution is -0.135. The zero-order valence-electron chi connectivity index (χ0n) is 15.6. The second-order valence-corrected chi connectivity index (χ2v) is 7.80. The van der Waals surface area contributed by atoms with E-state index in [1.807, 2.05) is 30.3 Å².